The molecule has 88 valence electrons. The first-order chi connectivity index (χ1) is 6.99. The van der Waals surface area contributed by atoms with Crippen LogP contribution in [0.2, 0.25) is 0 Å². The third-order valence-corrected chi connectivity index (χ3v) is 3.79. The molecule has 0 aromatic heterocycles. The predicted octanol–water partition coefficient (Wildman–Crippen LogP) is 2.41. The fourth-order valence-corrected chi connectivity index (χ4v) is 2.25. The minimum absolute atomic E-state index is 0.375. The third kappa shape index (κ3) is 2.94. The Bertz CT molecular complexity index is 230. The van der Waals surface area contributed by atoms with Crippen LogP contribution in [0.1, 0.15) is 52.9 Å². The van der Waals surface area contributed by atoms with E-state index in [1.165, 1.54) is 19.3 Å². The largest absolute Gasteiger partial charge is 0.480 e. The van der Waals surface area contributed by atoms with E-state index < -0.39 is 11.5 Å². The molecule has 1 saturated carbocycles. The highest BCUT2D eigenvalue weighted by Crippen LogP contribution is 2.26. The van der Waals surface area contributed by atoms with Gasteiger partial charge in [-0.1, -0.05) is 26.7 Å². The number of carboxylic acids is 1. The molecule has 0 aromatic rings. The van der Waals surface area contributed by atoms with Crippen molar-refractivity contribution in [2.45, 2.75) is 64.5 Å². The Kier molecular flexibility index (Phi) is 4.14. The molecule has 0 aliphatic heterocycles. The topological polar surface area (TPSA) is 49.3 Å². The van der Waals surface area contributed by atoms with E-state index in [0.29, 0.717) is 18.4 Å². The number of aliphatic carboxylic acids is 1. The van der Waals surface area contributed by atoms with Crippen LogP contribution in [0.5, 0.6) is 0 Å². The molecule has 1 aliphatic carbocycles. The first kappa shape index (κ1) is 12.5. The van der Waals surface area contributed by atoms with Gasteiger partial charge >= 0.3 is 5.97 Å². The van der Waals surface area contributed by atoms with E-state index in [1.54, 1.807) is 6.92 Å². The van der Waals surface area contributed by atoms with Crippen LogP contribution in [0.25, 0.3) is 0 Å². The molecule has 0 saturated heterocycles. The number of rotatable bonds is 4. The summed E-state index contributed by atoms with van der Waals surface area (Å²) in [7, 11) is 0. The zero-order chi connectivity index (χ0) is 11.5. The molecule has 0 amide bonds. The zero-order valence-corrected chi connectivity index (χ0v) is 10.0. The van der Waals surface area contributed by atoms with Crippen molar-refractivity contribution >= 4 is 5.97 Å². The maximum absolute atomic E-state index is 11.2. The van der Waals surface area contributed by atoms with Crippen LogP contribution in [-0.4, -0.2) is 22.7 Å². The molecule has 1 fully saturated rings. The monoisotopic (exact) mass is 213 g/mol. The number of carboxylic acid groups (broad SMARTS) is 1. The summed E-state index contributed by atoms with van der Waals surface area (Å²) in [5.41, 5.74) is -0.754. The maximum atomic E-state index is 11.2. The van der Waals surface area contributed by atoms with Crippen LogP contribution in [0, 0.1) is 5.92 Å². The molecule has 2 N–H and O–H groups in total. The van der Waals surface area contributed by atoms with Gasteiger partial charge in [0, 0.05) is 6.04 Å². The van der Waals surface area contributed by atoms with Crippen molar-refractivity contribution in [2.24, 2.45) is 5.92 Å². The van der Waals surface area contributed by atoms with E-state index >= 15 is 0 Å². The van der Waals surface area contributed by atoms with Crippen LogP contribution in [-0.2, 0) is 4.79 Å². The smallest absolute Gasteiger partial charge is 0.323 e. The molecule has 1 aliphatic rings. The lowest BCUT2D eigenvalue weighted by atomic mass is 9.83. The van der Waals surface area contributed by atoms with E-state index in [0.717, 1.165) is 6.42 Å². The van der Waals surface area contributed by atoms with Gasteiger partial charge in [0.05, 0.1) is 0 Å². The van der Waals surface area contributed by atoms with Crippen LogP contribution < -0.4 is 5.32 Å². The molecule has 0 heterocycles. The summed E-state index contributed by atoms with van der Waals surface area (Å²) in [5.74, 6) is -0.133. The van der Waals surface area contributed by atoms with Gasteiger partial charge in [0.2, 0.25) is 0 Å². The Morgan fingerprint density at radius 3 is 2.53 bits per heavy atom. The average Bonchev–Trinajstić information content (AvgIpc) is 2.21. The third-order valence-electron chi connectivity index (χ3n) is 3.79. The second kappa shape index (κ2) is 4.97. The average molecular weight is 213 g/mol. The molecule has 0 radical (unpaired) electrons. The van der Waals surface area contributed by atoms with Crippen molar-refractivity contribution in [1.82, 2.24) is 5.32 Å². The highest BCUT2D eigenvalue weighted by atomic mass is 16.4. The molecule has 0 bridgehead atoms. The first-order valence-electron chi connectivity index (χ1n) is 6.00. The summed E-state index contributed by atoms with van der Waals surface area (Å²) in [6, 6.07) is 0.375. The molecule has 3 nitrogen and oxygen atoms in total. The van der Waals surface area contributed by atoms with Gasteiger partial charge in [0.1, 0.15) is 5.54 Å². The van der Waals surface area contributed by atoms with Crippen LogP contribution >= 0.6 is 0 Å². The molecular weight excluding hydrogens is 190 g/mol. The summed E-state index contributed by atoms with van der Waals surface area (Å²) < 4.78 is 0. The van der Waals surface area contributed by atoms with Gasteiger partial charge < -0.3 is 5.11 Å². The molecule has 3 unspecified atom stereocenters. The van der Waals surface area contributed by atoms with Crippen molar-refractivity contribution in [3.63, 3.8) is 0 Å². The van der Waals surface area contributed by atoms with E-state index in [-0.39, 0.29) is 0 Å². The molecular formula is C12H23NO2. The summed E-state index contributed by atoms with van der Waals surface area (Å²) in [6.45, 7) is 5.93. The number of carbonyl (C=O) groups is 1. The second-order valence-electron chi connectivity index (χ2n) is 5.00. The zero-order valence-electron chi connectivity index (χ0n) is 10.0. The van der Waals surface area contributed by atoms with Crippen LogP contribution in [0.15, 0.2) is 0 Å². The highest BCUT2D eigenvalue weighted by Gasteiger charge is 2.35. The van der Waals surface area contributed by atoms with Gasteiger partial charge in [-0.25, -0.2) is 0 Å². The van der Waals surface area contributed by atoms with Crippen molar-refractivity contribution in [1.29, 1.82) is 0 Å². The quantitative estimate of drug-likeness (QED) is 0.754. The van der Waals surface area contributed by atoms with Crippen molar-refractivity contribution in [3.05, 3.63) is 0 Å². The maximum Gasteiger partial charge on any atom is 0.323 e. The van der Waals surface area contributed by atoms with Gasteiger partial charge in [0.15, 0.2) is 0 Å². The van der Waals surface area contributed by atoms with Gasteiger partial charge in [0.25, 0.3) is 0 Å². The normalized spacial score (nSPS) is 30.9. The summed E-state index contributed by atoms with van der Waals surface area (Å²) in [6.07, 6.45) is 5.48. The van der Waals surface area contributed by atoms with Crippen LogP contribution in [0.4, 0.5) is 0 Å². The molecule has 3 atom stereocenters. The van der Waals surface area contributed by atoms with Gasteiger partial charge in [-0.15, -0.1) is 0 Å². The molecule has 15 heavy (non-hydrogen) atoms. The minimum atomic E-state index is -0.754. The highest BCUT2D eigenvalue weighted by molar-refractivity contribution is 5.78. The van der Waals surface area contributed by atoms with E-state index in [4.69, 9.17) is 0 Å². The number of hydrogen-bond acceptors (Lipinski definition) is 2. The number of nitrogens with one attached hydrogen (secondary N) is 1. The Morgan fingerprint density at radius 1 is 1.47 bits per heavy atom. The van der Waals surface area contributed by atoms with Crippen molar-refractivity contribution < 1.29 is 9.90 Å². The lowest BCUT2D eigenvalue weighted by molar-refractivity contribution is -0.145. The summed E-state index contributed by atoms with van der Waals surface area (Å²) in [4.78, 5) is 11.2. The Balaban J connectivity index is 2.61. The first-order valence-corrected chi connectivity index (χ1v) is 6.00. The molecule has 1 rings (SSSR count). The number of hydrogen-bond donors (Lipinski definition) is 2. The molecule has 0 spiro atoms. The van der Waals surface area contributed by atoms with Gasteiger partial charge in [-0.3, -0.25) is 10.1 Å². The standard InChI is InChI=1S/C12H23NO2/c1-4-12(3,11(14)15)13-10-8-6-5-7-9(10)2/h9-10,13H,4-8H2,1-3H3,(H,14,15). The fraction of sp³-hybridized carbons (Fsp3) is 0.917. The predicted molar refractivity (Wildman–Crippen MR) is 60.9 cm³/mol. The van der Waals surface area contributed by atoms with Crippen molar-refractivity contribution in [2.75, 3.05) is 0 Å². The summed E-state index contributed by atoms with van der Waals surface area (Å²) >= 11 is 0. The van der Waals surface area contributed by atoms with Crippen LogP contribution in [0.3, 0.4) is 0 Å². The molecule has 0 aromatic carbocycles. The van der Waals surface area contributed by atoms with Crippen molar-refractivity contribution in [3.8, 4) is 0 Å². The van der Waals surface area contributed by atoms with E-state index in [1.807, 2.05) is 6.92 Å². The lowest BCUT2D eigenvalue weighted by Crippen LogP contribution is -2.55. The Morgan fingerprint density at radius 2 is 2.07 bits per heavy atom. The Hall–Kier alpha value is -0.570. The Labute approximate surface area is 92.3 Å². The van der Waals surface area contributed by atoms with E-state index in [9.17, 15) is 9.90 Å². The second-order valence-corrected chi connectivity index (χ2v) is 5.00. The van der Waals surface area contributed by atoms with Gasteiger partial charge in [-0.2, -0.15) is 0 Å². The SMILES string of the molecule is CCC(C)(NC1CCCCC1C)C(=O)O. The van der Waals surface area contributed by atoms with Gasteiger partial charge in [-0.05, 0) is 32.1 Å². The lowest BCUT2D eigenvalue weighted by Gasteiger charge is -2.36. The fourth-order valence-electron chi connectivity index (χ4n) is 2.25. The molecule has 3 heteroatoms. The van der Waals surface area contributed by atoms with E-state index in [2.05, 4.69) is 12.2 Å². The summed E-state index contributed by atoms with van der Waals surface area (Å²) in [5, 5.41) is 12.5. The minimum Gasteiger partial charge on any atom is -0.480 e.